The smallest absolute Gasteiger partial charge is 0.118 e. The molecule has 0 aromatic heterocycles. The van der Waals surface area contributed by atoms with Crippen LogP contribution in [0.1, 0.15) is 12.8 Å². The second-order valence-electron chi connectivity index (χ2n) is 3.62. The van der Waals surface area contributed by atoms with Crippen LogP contribution in [0.2, 0.25) is 0 Å². The lowest BCUT2D eigenvalue weighted by Crippen LogP contribution is -2.29. The zero-order valence-corrected chi connectivity index (χ0v) is 6.65. The third-order valence-corrected chi connectivity index (χ3v) is 2.50. The van der Waals surface area contributed by atoms with Crippen molar-refractivity contribution in [1.82, 2.24) is 10.6 Å². The number of rotatable bonds is 3. The molecule has 0 spiro atoms. The molecule has 3 heteroatoms. The van der Waals surface area contributed by atoms with Crippen molar-refractivity contribution in [3.63, 3.8) is 0 Å². The fraction of sp³-hybridized carbons (Fsp3) is 1.00. The van der Waals surface area contributed by atoms with Crippen molar-refractivity contribution in [3.8, 4) is 0 Å². The highest BCUT2D eigenvalue weighted by atomic mass is 19.1. The fourth-order valence-electron chi connectivity index (χ4n) is 1.51. The third-order valence-electron chi connectivity index (χ3n) is 2.50. The second kappa shape index (κ2) is 3.07. The van der Waals surface area contributed by atoms with Crippen LogP contribution in [0.25, 0.3) is 0 Å². The Labute approximate surface area is 66.5 Å². The number of hydrogen-bond acceptors (Lipinski definition) is 2. The van der Waals surface area contributed by atoms with Gasteiger partial charge in [0.2, 0.25) is 0 Å². The largest absolute Gasteiger partial charge is 0.314 e. The van der Waals surface area contributed by atoms with Crippen LogP contribution in [0.5, 0.6) is 0 Å². The number of halogens is 1. The van der Waals surface area contributed by atoms with Gasteiger partial charge in [0, 0.05) is 31.6 Å². The van der Waals surface area contributed by atoms with Crippen LogP contribution in [-0.2, 0) is 0 Å². The van der Waals surface area contributed by atoms with Crippen molar-refractivity contribution < 1.29 is 4.39 Å². The van der Waals surface area contributed by atoms with Crippen molar-refractivity contribution in [2.45, 2.75) is 25.1 Å². The van der Waals surface area contributed by atoms with Gasteiger partial charge in [-0.25, -0.2) is 4.39 Å². The average Bonchev–Trinajstić information content (AvgIpc) is 2.73. The van der Waals surface area contributed by atoms with E-state index in [2.05, 4.69) is 10.6 Å². The molecule has 2 rings (SSSR count). The van der Waals surface area contributed by atoms with E-state index in [-0.39, 0.29) is 5.92 Å². The SMILES string of the molecule is F[C@H]1CNC[C@@H]1CNC1CC1. The first-order valence-corrected chi connectivity index (χ1v) is 4.44. The van der Waals surface area contributed by atoms with Crippen LogP contribution >= 0.6 is 0 Å². The topological polar surface area (TPSA) is 24.1 Å². The molecule has 0 aromatic carbocycles. The molecule has 1 aliphatic heterocycles. The molecule has 1 saturated carbocycles. The van der Waals surface area contributed by atoms with E-state index in [0.717, 1.165) is 13.1 Å². The summed E-state index contributed by atoms with van der Waals surface area (Å²) < 4.78 is 13.0. The highest BCUT2D eigenvalue weighted by molar-refractivity contribution is 4.87. The quantitative estimate of drug-likeness (QED) is 0.617. The Balaban J connectivity index is 1.67. The van der Waals surface area contributed by atoms with Gasteiger partial charge in [-0.05, 0) is 12.8 Å². The van der Waals surface area contributed by atoms with E-state index in [4.69, 9.17) is 0 Å². The second-order valence-corrected chi connectivity index (χ2v) is 3.62. The van der Waals surface area contributed by atoms with Crippen LogP contribution in [0.3, 0.4) is 0 Å². The summed E-state index contributed by atoms with van der Waals surface area (Å²) in [7, 11) is 0. The molecule has 2 aliphatic rings. The first-order valence-electron chi connectivity index (χ1n) is 4.44. The van der Waals surface area contributed by atoms with Gasteiger partial charge in [-0.1, -0.05) is 0 Å². The first kappa shape index (κ1) is 7.50. The molecule has 1 aliphatic carbocycles. The van der Waals surface area contributed by atoms with Crippen molar-refractivity contribution in [2.75, 3.05) is 19.6 Å². The molecule has 0 bridgehead atoms. The average molecular weight is 158 g/mol. The first-order chi connectivity index (χ1) is 5.36. The minimum Gasteiger partial charge on any atom is -0.314 e. The highest BCUT2D eigenvalue weighted by Gasteiger charge is 2.28. The van der Waals surface area contributed by atoms with E-state index in [9.17, 15) is 4.39 Å². The fourth-order valence-corrected chi connectivity index (χ4v) is 1.51. The monoisotopic (exact) mass is 158 g/mol. The Bertz CT molecular complexity index is 136. The lowest BCUT2D eigenvalue weighted by Gasteiger charge is -2.11. The van der Waals surface area contributed by atoms with E-state index < -0.39 is 6.17 Å². The molecule has 2 atom stereocenters. The molecule has 1 heterocycles. The number of alkyl halides is 1. The van der Waals surface area contributed by atoms with Gasteiger partial charge in [0.25, 0.3) is 0 Å². The summed E-state index contributed by atoms with van der Waals surface area (Å²) in [4.78, 5) is 0. The molecule has 2 N–H and O–H groups in total. The van der Waals surface area contributed by atoms with E-state index in [1.807, 2.05) is 0 Å². The standard InChI is InChI=1S/C8H15FN2/c9-8-5-10-3-6(8)4-11-7-1-2-7/h6-8,10-11H,1-5H2/t6-,8+/m1/s1. The van der Waals surface area contributed by atoms with Crippen molar-refractivity contribution in [3.05, 3.63) is 0 Å². The molecule has 2 nitrogen and oxygen atoms in total. The molecule has 11 heavy (non-hydrogen) atoms. The summed E-state index contributed by atoms with van der Waals surface area (Å²) in [6, 6.07) is 0.711. The third kappa shape index (κ3) is 1.91. The van der Waals surface area contributed by atoms with Crippen LogP contribution in [-0.4, -0.2) is 31.8 Å². The maximum absolute atomic E-state index is 13.0. The predicted molar refractivity (Wildman–Crippen MR) is 42.3 cm³/mol. The Hall–Kier alpha value is -0.150. The molecular formula is C8H15FN2. The van der Waals surface area contributed by atoms with Crippen molar-refractivity contribution in [2.24, 2.45) is 5.92 Å². The van der Waals surface area contributed by atoms with Crippen molar-refractivity contribution in [1.29, 1.82) is 0 Å². The predicted octanol–water partition coefficient (Wildman–Crippen LogP) is 0.296. The van der Waals surface area contributed by atoms with E-state index in [1.54, 1.807) is 0 Å². The van der Waals surface area contributed by atoms with Crippen molar-refractivity contribution >= 4 is 0 Å². The lowest BCUT2D eigenvalue weighted by molar-refractivity contribution is 0.276. The Morgan fingerprint density at radius 2 is 2.18 bits per heavy atom. The molecular weight excluding hydrogens is 143 g/mol. The minimum absolute atomic E-state index is 0.218. The van der Waals surface area contributed by atoms with Gasteiger partial charge in [-0.3, -0.25) is 0 Å². The van der Waals surface area contributed by atoms with Gasteiger partial charge in [-0.2, -0.15) is 0 Å². The van der Waals surface area contributed by atoms with Crippen LogP contribution < -0.4 is 10.6 Å². The van der Waals surface area contributed by atoms with Crippen LogP contribution in [0.15, 0.2) is 0 Å². The molecule has 0 amide bonds. The number of hydrogen-bond donors (Lipinski definition) is 2. The van der Waals surface area contributed by atoms with Gasteiger partial charge in [0.15, 0.2) is 0 Å². The summed E-state index contributed by atoms with van der Waals surface area (Å²) in [6.07, 6.45) is 1.95. The van der Waals surface area contributed by atoms with Crippen LogP contribution in [0.4, 0.5) is 4.39 Å². The Morgan fingerprint density at radius 1 is 1.36 bits per heavy atom. The van der Waals surface area contributed by atoms with E-state index in [1.165, 1.54) is 12.8 Å². The summed E-state index contributed by atoms with van der Waals surface area (Å²) >= 11 is 0. The minimum atomic E-state index is -0.624. The molecule has 0 radical (unpaired) electrons. The van der Waals surface area contributed by atoms with Gasteiger partial charge in [0.05, 0.1) is 0 Å². The van der Waals surface area contributed by atoms with Gasteiger partial charge in [-0.15, -0.1) is 0 Å². The van der Waals surface area contributed by atoms with Gasteiger partial charge < -0.3 is 10.6 Å². The summed E-state index contributed by atoms with van der Waals surface area (Å²) in [5, 5.41) is 6.40. The van der Waals surface area contributed by atoms with E-state index in [0.29, 0.717) is 12.6 Å². The van der Waals surface area contributed by atoms with E-state index >= 15 is 0 Å². The molecule has 0 aromatic rings. The maximum Gasteiger partial charge on any atom is 0.118 e. The Kier molecular flexibility index (Phi) is 2.09. The van der Waals surface area contributed by atoms with Gasteiger partial charge >= 0.3 is 0 Å². The number of nitrogens with one attached hydrogen (secondary N) is 2. The Morgan fingerprint density at radius 3 is 2.73 bits per heavy atom. The molecule has 64 valence electrons. The maximum atomic E-state index is 13.0. The molecule has 2 fully saturated rings. The molecule has 0 unspecified atom stereocenters. The lowest BCUT2D eigenvalue weighted by atomic mass is 10.1. The summed E-state index contributed by atoms with van der Waals surface area (Å²) in [5.41, 5.74) is 0. The zero-order valence-electron chi connectivity index (χ0n) is 6.65. The summed E-state index contributed by atoms with van der Waals surface area (Å²) in [5.74, 6) is 0.218. The summed E-state index contributed by atoms with van der Waals surface area (Å²) in [6.45, 7) is 2.26. The highest BCUT2D eigenvalue weighted by Crippen LogP contribution is 2.20. The zero-order chi connectivity index (χ0) is 7.68. The normalized spacial score (nSPS) is 37.9. The van der Waals surface area contributed by atoms with Gasteiger partial charge in [0.1, 0.15) is 6.17 Å². The van der Waals surface area contributed by atoms with Crippen LogP contribution in [0, 0.1) is 5.92 Å². The molecule has 1 saturated heterocycles.